The predicted molar refractivity (Wildman–Crippen MR) is 105 cm³/mol. The van der Waals surface area contributed by atoms with Crippen molar-refractivity contribution in [3.05, 3.63) is 65.2 Å². The number of benzene rings is 2. The van der Waals surface area contributed by atoms with E-state index in [0.717, 1.165) is 37.2 Å². The van der Waals surface area contributed by atoms with Gasteiger partial charge in [0.15, 0.2) is 5.82 Å². The molecule has 2 heterocycles. The lowest BCUT2D eigenvalue weighted by Gasteiger charge is -2.13. The van der Waals surface area contributed by atoms with E-state index in [1.165, 1.54) is 11.1 Å². The summed E-state index contributed by atoms with van der Waals surface area (Å²) in [5.74, 6) is 0.926. The fourth-order valence-electron chi connectivity index (χ4n) is 3.45. The third-order valence-electron chi connectivity index (χ3n) is 4.81. The molecule has 0 radical (unpaired) electrons. The summed E-state index contributed by atoms with van der Waals surface area (Å²) in [4.78, 5) is 18.9. The number of H-pyrrole nitrogens is 1. The molecule has 4 rings (SSSR count). The highest BCUT2D eigenvalue weighted by atomic mass is 16.1. The molecule has 0 spiro atoms. The normalized spacial score (nSPS) is 13.5. The van der Waals surface area contributed by atoms with Gasteiger partial charge < -0.3 is 0 Å². The van der Waals surface area contributed by atoms with Gasteiger partial charge in [-0.2, -0.15) is 4.98 Å². The highest BCUT2D eigenvalue weighted by Crippen LogP contribution is 2.22. The number of carbonyl (C=O) groups excluding carboxylic acids is 1. The minimum Gasteiger partial charge on any atom is -0.295 e. The van der Waals surface area contributed by atoms with Crippen LogP contribution in [-0.2, 0) is 17.9 Å². The average Bonchev–Trinajstić information content (AvgIpc) is 3.28. The van der Waals surface area contributed by atoms with E-state index in [1.54, 1.807) is 0 Å². The number of aromatic nitrogens is 3. The lowest BCUT2D eigenvalue weighted by atomic mass is 10.1. The van der Waals surface area contributed by atoms with Crippen molar-refractivity contribution in [2.45, 2.75) is 32.9 Å². The van der Waals surface area contributed by atoms with Gasteiger partial charge in [-0.3, -0.25) is 20.1 Å². The van der Waals surface area contributed by atoms with Crippen molar-refractivity contribution in [1.82, 2.24) is 20.1 Å². The number of nitrogens with zero attached hydrogens (tertiary/aromatic N) is 3. The lowest BCUT2D eigenvalue weighted by Crippen LogP contribution is -2.20. The van der Waals surface area contributed by atoms with Gasteiger partial charge in [0.25, 0.3) is 0 Å². The molecule has 2 N–H and O–H groups in total. The van der Waals surface area contributed by atoms with E-state index in [1.807, 2.05) is 31.2 Å². The van der Waals surface area contributed by atoms with Crippen molar-refractivity contribution in [3.63, 3.8) is 0 Å². The maximum absolute atomic E-state index is 12.2. The standard InChI is InChI=1S/C21H23N5O/c1-15-6-4-9-16(12-15)20-23-21(25-24-20)22-19(27)10-5-11-26-13-17-7-2-3-8-18(17)14-26/h2-4,6-9,12H,5,10-11,13-14H2,1H3,(H2,22,23,24,25,27). The largest absolute Gasteiger partial charge is 0.295 e. The number of hydrogen-bond acceptors (Lipinski definition) is 4. The summed E-state index contributed by atoms with van der Waals surface area (Å²) in [5, 5.41) is 9.76. The van der Waals surface area contributed by atoms with Crippen LogP contribution in [-0.4, -0.2) is 32.5 Å². The Morgan fingerprint density at radius 2 is 1.93 bits per heavy atom. The van der Waals surface area contributed by atoms with Gasteiger partial charge in [0.1, 0.15) is 0 Å². The Balaban J connectivity index is 1.25. The fourth-order valence-corrected chi connectivity index (χ4v) is 3.45. The Morgan fingerprint density at radius 3 is 2.67 bits per heavy atom. The second-order valence-electron chi connectivity index (χ2n) is 7.01. The highest BCUT2D eigenvalue weighted by Gasteiger charge is 2.18. The minimum atomic E-state index is -0.0542. The highest BCUT2D eigenvalue weighted by molar-refractivity contribution is 5.89. The number of hydrogen-bond donors (Lipinski definition) is 2. The Kier molecular flexibility index (Phi) is 4.98. The Hall–Kier alpha value is -2.99. The summed E-state index contributed by atoms with van der Waals surface area (Å²) in [5.41, 5.74) is 4.90. The lowest BCUT2D eigenvalue weighted by molar-refractivity contribution is -0.116. The monoisotopic (exact) mass is 361 g/mol. The van der Waals surface area contributed by atoms with Crippen LogP contribution in [0.2, 0.25) is 0 Å². The summed E-state index contributed by atoms with van der Waals surface area (Å²) >= 11 is 0. The van der Waals surface area contributed by atoms with Gasteiger partial charge in [-0.15, -0.1) is 5.10 Å². The number of aromatic amines is 1. The molecule has 1 aliphatic heterocycles. The van der Waals surface area contributed by atoms with E-state index in [0.29, 0.717) is 18.2 Å². The molecular weight excluding hydrogens is 338 g/mol. The number of carbonyl (C=O) groups is 1. The molecule has 0 fully saturated rings. The zero-order valence-electron chi connectivity index (χ0n) is 15.4. The fraction of sp³-hybridized carbons (Fsp3) is 0.286. The van der Waals surface area contributed by atoms with Crippen LogP contribution in [0.3, 0.4) is 0 Å². The van der Waals surface area contributed by atoms with E-state index in [-0.39, 0.29) is 5.91 Å². The number of anilines is 1. The third kappa shape index (κ3) is 4.23. The Bertz CT molecular complexity index is 924. The Morgan fingerprint density at radius 1 is 1.15 bits per heavy atom. The van der Waals surface area contributed by atoms with Crippen LogP contribution < -0.4 is 5.32 Å². The number of amides is 1. The van der Waals surface area contributed by atoms with Gasteiger partial charge in [-0.25, -0.2) is 0 Å². The van der Waals surface area contributed by atoms with Crippen molar-refractivity contribution in [3.8, 4) is 11.4 Å². The molecule has 138 valence electrons. The molecule has 1 aliphatic rings. The van der Waals surface area contributed by atoms with Gasteiger partial charge in [-0.1, -0.05) is 48.0 Å². The molecule has 1 aromatic heterocycles. The first-order valence-electron chi connectivity index (χ1n) is 9.26. The van der Waals surface area contributed by atoms with Gasteiger partial charge >= 0.3 is 0 Å². The van der Waals surface area contributed by atoms with Crippen molar-refractivity contribution in [2.24, 2.45) is 0 Å². The predicted octanol–water partition coefficient (Wildman–Crippen LogP) is 3.51. The van der Waals surface area contributed by atoms with E-state index in [9.17, 15) is 4.79 Å². The molecule has 0 unspecified atom stereocenters. The van der Waals surface area contributed by atoms with Gasteiger partial charge in [0.2, 0.25) is 11.9 Å². The molecule has 0 saturated heterocycles. The number of rotatable bonds is 6. The average molecular weight is 361 g/mol. The Labute approximate surface area is 158 Å². The first kappa shape index (κ1) is 17.4. The molecular formula is C21H23N5O. The van der Waals surface area contributed by atoms with E-state index >= 15 is 0 Å². The molecule has 1 amide bonds. The van der Waals surface area contributed by atoms with Crippen molar-refractivity contribution < 1.29 is 4.79 Å². The van der Waals surface area contributed by atoms with E-state index < -0.39 is 0 Å². The number of aryl methyl sites for hydroxylation is 1. The van der Waals surface area contributed by atoms with Gasteiger partial charge in [0.05, 0.1) is 0 Å². The first-order chi connectivity index (χ1) is 13.2. The van der Waals surface area contributed by atoms with Crippen molar-refractivity contribution in [1.29, 1.82) is 0 Å². The summed E-state index contributed by atoms with van der Waals surface area (Å²) in [7, 11) is 0. The van der Waals surface area contributed by atoms with Crippen molar-refractivity contribution >= 4 is 11.9 Å². The smallest absolute Gasteiger partial charge is 0.249 e. The summed E-state index contributed by atoms with van der Waals surface area (Å²) in [6.45, 7) is 4.88. The quantitative estimate of drug-likeness (QED) is 0.705. The van der Waals surface area contributed by atoms with Crippen LogP contribution in [0.1, 0.15) is 29.5 Å². The maximum atomic E-state index is 12.2. The molecule has 0 atom stereocenters. The van der Waals surface area contributed by atoms with Crippen molar-refractivity contribution in [2.75, 3.05) is 11.9 Å². The third-order valence-corrected chi connectivity index (χ3v) is 4.81. The molecule has 0 bridgehead atoms. The van der Waals surface area contributed by atoms with Crippen LogP contribution in [0.5, 0.6) is 0 Å². The summed E-state index contributed by atoms with van der Waals surface area (Å²) in [6, 6.07) is 16.5. The van der Waals surface area contributed by atoms with Gasteiger partial charge in [-0.05, 0) is 37.1 Å². The number of fused-ring (bicyclic) bond motifs is 1. The SMILES string of the molecule is Cc1cccc(-c2nc(NC(=O)CCCN3Cc4ccccc4C3)n[nH]2)c1. The molecule has 6 nitrogen and oxygen atoms in total. The molecule has 3 aromatic rings. The topological polar surface area (TPSA) is 73.9 Å². The molecule has 2 aromatic carbocycles. The first-order valence-corrected chi connectivity index (χ1v) is 9.26. The second-order valence-corrected chi connectivity index (χ2v) is 7.01. The molecule has 6 heteroatoms. The van der Waals surface area contributed by atoms with E-state index in [4.69, 9.17) is 0 Å². The van der Waals surface area contributed by atoms with Crippen LogP contribution in [0.25, 0.3) is 11.4 Å². The number of nitrogens with one attached hydrogen (secondary N) is 2. The zero-order chi connectivity index (χ0) is 18.6. The molecule has 0 aliphatic carbocycles. The van der Waals surface area contributed by atoms with Crippen LogP contribution in [0.4, 0.5) is 5.95 Å². The van der Waals surface area contributed by atoms with Crippen LogP contribution in [0.15, 0.2) is 48.5 Å². The van der Waals surface area contributed by atoms with Gasteiger partial charge in [0, 0.05) is 25.1 Å². The summed E-state index contributed by atoms with van der Waals surface area (Å²) < 4.78 is 0. The van der Waals surface area contributed by atoms with Crippen LogP contribution >= 0.6 is 0 Å². The molecule has 0 saturated carbocycles. The maximum Gasteiger partial charge on any atom is 0.249 e. The second kappa shape index (κ2) is 7.72. The zero-order valence-corrected chi connectivity index (χ0v) is 15.4. The van der Waals surface area contributed by atoms with Crippen LogP contribution in [0, 0.1) is 6.92 Å². The molecule has 27 heavy (non-hydrogen) atoms. The summed E-state index contributed by atoms with van der Waals surface area (Å²) in [6.07, 6.45) is 1.27. The van der Waals surface area contributed by atoms with E-state index in [2.05, 4.69) is 49.7 Å². The minimum absolute atomic E-state index is 0.0542.